The average Bonchev–Trinajstić information content (AvgIpc) is 2.83. The van der Waals surface area contributed by atoms with E-state index in [0.717, 1.165) is 16.0 Å². The fraction of sp³-hybridized carbons (Fsp3) is 0.538. The molecule has 1 atom stereocenters. The second-order valence-corrected chi connectivity index (χ2v) is 5.75. The molecule has 0 spiro atoms. The summed E-state index contributed by atoms with van der Waals surface area (Å²) in [5, 5.41) is 6.23. The zero-order valence-electron chi connectivity index (χ0n) is 11.6. The van der Waals surface area contributed by atoms with Gasteiger partial charge in [-0.15, -0.1) is 11.3 Å². The highest BCUT2D eigenvalue weighted by atomic mass is 32.1. The highest BCUT2D eigenvalue weighted by Crippen LogP contribution is 2.30. The quantitative estimate of drug-likeness (QED) is 0.920. The first-order valence-electron chi connectivity index (χ1n) is 6.20. The van der Waals surface area contributed by atoms with Crippen LogP contribution in [0.15, 0.2) is 11.4 Å². The SMILES string of the molecule is CNc1nc(N(C)C(C)C(C)C)c2ccsc2n1. The smallest absolute Gasteiger partial charge is 0.225 e. The number of thiophene rings is 1. The zero-order valence-corrected chi connectivity index (χ0v) is 12.4. The van der Waals surface area contributed by atoms with Gasteiger partial charge in [0.25, 0.3) is 0 Å². The van der Waals surface area contributed by atoms with Crippen molar-refractivity contribution in [1.29, 1.82) is 0 Å². The molecule has 1 unspecified atom stereocenters. The van der Waals surface area contributed by atoms with E-state index < -0.39 is 0 Å². The molecule has 2 aromatic rings. The van der Waals surface area contributed by atoms with E-state index in [9.17, 15) is 0 Å². The van der Waals surface area contributed by atoms with Crippen molar-refractivity contribution in [2.75, 3.05) is 24.3 Å². The van der Waals surface area contributed by atoms with Gasteiger partial charge in [-0.05, 0) is 24.3 Å². The van der Waals surface area contributed by atoms with E-state index in [1.54, 1.807) is 11.3 Å². The van der Waals surface area contributed by atoms with Gasteiger partial charge < -0.3 is 10.2 Å². The van der Waals surface area contributed by atoms with Crippen molar-refractivity contribution < 1.29 is 0 Å². The third-order valence-electron chi connectivity index (χ3n) is 3.44. The van der Waals surface area contributed by atoms with Crippen LogP contribution in [0.4, 0.5) is 11.8 Å². The number of nitrogens with one attached hydrogen (secondary N) is 1. The summed E-state index contributed by atoms with van der Waals surface area (Å²) in [6.07, 6.45) is 0. The van der Waals surface area contributed by atoms with E-state index in [0.29, 0.717) is 17.9 Å². The Hall–Kier alpha value is -1.36. The van der Waals surface area contributed by atoms with Crippen LogP contribution in [0.1, 0.15) is 20.8 Å². The minimum absolute atomic E-state index is 0.438. The summed E-state index contributed by atoms with van der Waals surface area (Å²) in [5.41, 5.74) is 0. The van der Waals surface area contributed by atoms with Crippen LogP contribution in [-0.2, 0) is 0 Å². The molecule has 0 saturated carbocycles. The van der Waals surface area contributed by atoms with Gasteiger partial charge in [0.2, 0.25) is 5.95 Å². The summed E-state index contributed by atoms with van der Waals surface area (Å²) in [6, 6.07) is 2.53. The number of hydrogen-bond acceptors (Lipinski definition) is 5. The summed E-state index contributed by atoms with van der Waals surface area (Å²) in [7, 11) is 3.95. The number of anilines is 2. The van der Waals surface area contributed by atoms with Gasteiger partial charge in [0.15, 0.2) is 0 Å². The van der Waals surface area contributed by atoms with Gasteiger partial charge in [0, 0.05) is 20.1 Å². The molecule has 2 heterocycles. The van der Waals surface area contributed by atoms with E-state index in [2.05, 4.69) is 59.4 Å². The van der Waals surface area contributed by atoms with E-state index in [1.807, 2.05) is 7.05 Å². The van der Waals surface area contributed by atoms with Crippen molar-refractivity contribution in [1.82, 2.24) is 9.97 Å². The molecule has 0 aliphatic carbocycles. The number of nitrogens with zero attached hydrogens (tertiary/aromatic N) is 3. The Balaban J connectivity index is 2.51. The lowest BCUT2D eigenvalue weighted by atomic mass is 10.1. The van der Waals surface area contributed by atoms with Crippen LogP contribution in [0.3, 0.4) is 0 Å². The fourth-order valence-corrected chi connectivity index (χ4v) is 2.62. The Kier molecular flexibility index (Phi) is 3.71. The highest BCUT2D eigenvalue weighted by molar-refractivity contribution is 7.16. The summed E-state index contributed by atoms with van der Waals surface area (Å²) in [6.45, 7) is 6.68. The first-order chi connectivity index (χ1) is 8.54. The Labute approximate surface area is 112 Å². The van der Waals surface area contributed by atoms with Gasteiger partial charge >= 0.3 is 0 Å². The molecule has 0 fully saturated rings. The lowest BCUT2D eigenvalue weighted by molar-refractivity contribution is 0.503. The van der Waals surface area contributed by atoms with Crippen molar-refractivity contribution in [3.05, 3.63) is 11.4 Å². The maximum Gasteiger partial charge on any atom is 0.225 e. The van der Waals surface area contributed by atoms with Gasteiger partial charge in [0.1, 0.15) is 10.6 Å². The molecule has 5 heteroatoms. The van der Waals surface area contributed by atoms with Crippen LogP contribution in [0.2, 0.25) is 0 Å². The van der Waals surface area contributed by atoms with E-state index in [1.165, 1.54) is 0 Å². The molecule has 0 bridgehead atoms. The third-order valence-corrected chi connectivity index (χ3v) is 4.24. The molecule has 0 aromatic carbocycles. The molecule has 0 aliphatic rings. The molecule has 18 heavy (non-hydrogen) atoms. The summed E-state index contributed by atoms with van der Waals surface area (Å²) < 4.78 is 0. The minimum atomic E-state index is 0.438. The molecule has 0 aliphatic heterocycles. The van der Waals surface area contributed by atoms with Gasteiger partial charge in [-0.25, -0.2) is 4.98 Å². The summed E-state index contributed by atoms with van der Waals surface area (Å²) in [5.74, 6) is 2.27. The third kappa shape index (κ3) is 2.27. The van der Waals surface area contributed by atoms with Crippen LogP contribution in [0.5, 0.6) is 0 Å². The monoisotopic (exact) mass is 264 g/mol. The molecule has 2 aromatic heterocycles. The van der Waals surface area contributed by atoms with Crippen LogP contribution in [0, 0.1) is 5.92 Å². The van der Waals surface area contributed by atoms with Crippen LogP contribution >= 0.6 is 11.3 Å². The molecule has 0 amide bonds. The Morgan fingerprint density at radius 3 is 2.61 bits per heavy atom. The molecular formula is C13H20N4S. The molecule has 1 N–H and O–H groups in total. The van der Waals surface area contributed by atoms with Gasteiger partial charge in [0.05, 0.1) is 5.39 Å². The normalized spacial score (nSPS) is 13.0. The second-order valence-electron chi connectivity index (χ2n) is 4.86. The average molecular weight is 264 g/mol. The van der Waals surface area contributed by atoms with E-state index >= 15 is 0 Å². The maximum atomic E-state index is 4.61. The molecule has 0 radical (unpaired) electrons. The van der Waals surface area contributed by atoms with Gasteiger partial charge in [-0.3, -0.25) is 0 Å². The lowest BCUT2D eigenvalue weighted by Crippen LogP contribution is -2.34. The predicted molar refractivity (Wildman–Crippen MR) is 79.7 cm³/mol. The van der Waals surface area contributed by atoms with Crippen molar-refractivity contribution in [2.45, 2.75) is 26.8 Å². The minimum Gasteiger partial charge on any atom is -0.357 e. The van der Waals surface area contributed by atoms with Crippen LogP contribution < -0.4 is 10.2 Å². The predicted octanol–water partition coefficient (Wildman–Crippen LogP) is 3.21. The highest BCUT2D eigenvalue weighted by Gasteiger charge is 2.18. The number of rotatable bonds is 4. The molecule has 2 rings (SSSR count). The summed E-state index contributed by atoms with van der Waals surface area (Å²) >= 11 is 1.65. The summed E-state index contributed by atoms with van der Waals surface area (Å²) in [4.78, 5) is 12.3. The zero-order chi connectivity index (χ0) is 13.3. The maximum absolute atomic E-state index is 4.61. The Bertz CT molecular complexity index is 535. The van der Waals surface area contributed by atoms with E-state index in [-0.39, 0.29) is 0 Å². The molecule has 0 saturated heterocycles. The Morgan fingerprint density at radius 1 is 1.28 bits per heavy atom. The molecule has 4 nitrogen and oxygen atoms in total. The first kappa shape index (κ1) is 13.1. The van der Waals surface area contributed by atoms with Crippen LogP contribution in [-0.4, -0.2) is 30.1 Å². The molecular weight excluding hydrogens is 244 g/mol. The van der Waals surface area contributed by atoms with Crippen molar-refractivity contribution in [2.24, 2.45) is 5.92 Å². The Morgan fingerprint density at radius 2 is 2.00 bits per heavy atom. The second kappa shape index (κ2) is 5.10. The number of hydrogen-bond donors (Lipinski definition) is 1. The van der Waals surface area contributed by atoms with E-state index in [4.69, 9.17) is 0 Å². The van der Waals surface area contributed by atoms with Crippen molar-refractivity contribution in [3.63, 3.8) is 0 Å². The van der Waals surface area contributed by atoms with Gasteiger partial charge in [-0.2, -0.15) is 4.98 Å². The largest absolute Gasteiger partial charge is 0.357 e. The lowest BCUT2D eigenvalue weighted by Gasteiger charge is -2.29. The topological polar surface area (TPSA) is 41.1 Å². The first-order valence-corrected chi connectivity index (χ1v) is 7.08. The number of fused-ring (bicyclic) bond motifs is 1. The van der Waals surface area contributed by atoms with Gasteiger partial charge in [-0.1, -0.05) is 13.8 Å². The molecule has 98 valence electrons. The number of aromatic nitrogens is 2. The standard InChI is InChI=1S/C13H20N4S/c1-8(2)9(3)17(5)11-10-6-7-18-12(10)16-13(14-4)15-11/h6-9H,1-5H3,(H,14,15,16). The van der Waals surface area contributed by atoms with Crippen molar-refractivity contribution in [3.8, 4) is 0 Å². The van der Waals surface area contributed by atoms with Crippen molar-refractivity contribution >= 4 is 33.3 Å². The van der Waals surface area contributed by atoms with Crippen LogP contribution in [0.25, 0.3) is 10.2 Å². The fourth-order valence-electron chi connectivity index (χ4n) is 1.86.